The highest BCUT2D eigenvalue weighted by molar-refractivity contribution is 7.21. The first kappa shape index (κ1) is 22.0. The summed E-state index contributed by atoms with van der Waals surface area (Å²) in [6.07, 6.45) is -1.34. The topological polar surface area (TPSA) is 103 Å². The van der Waals surface area contributed by atoms with Crippen LogP contribution in [0.2, 0.25) is 0 Å². The zero-order chi connectivity index (χ0) is 23.2. The normalized spacial score (nSPS) is 11.4. The van der Waals surface area contributed by atoms with E-state index in [1.54, 1.807) is 11.6 Å². The fourth-order valence-corrected chi connectivity index (χ4v) is 5.37. The summed E-state index contributed by atoms with van der Waals surface area (Å²) in [5.41, 5.74) is 6.79. The average molecular weight is 476 g/mol. The number of hydrogen-bond acceptors (Lipinski definition) is 6. The SMILES string of the molecule is CCn1ncc(C(=O)Nc2c(C(N)=O)sc3nc(C(F)F)cc(-c4ccc(C)s4)c23)c1C. The summed E-state index contributed by atoms with van der Waals surface area (Å²) >= 11 is 2.30. The zero-order valence-electron chi connectivity index (χ0n) is 17.4. The third-order valence-electron chi connectivity index (χ3n) is 5.02. The molecule has 0 unspecified atom stereocenters. The summed E-state index contributed by atoms with van der Waals surface area (Å²) in [6, 6.07) is 4.98. The van der Waals surface area contributed by atoms with Crippen LogP contribution in [0.25, 0.3) is 20.7 Å². The molecule has 0 bridgehead atoms. The molecule has 0 saturated heterocycles. The molecule has 32 heavy (non-hydrogen) atoms. The molecule has 0 aliphatic rings. The number of hydrogen-bond donors (Lipinski definition) is 2. The minimum Gasteiger partial charge on any atom is -0.365 e. The Morgan fingerprint density at radius 1 is 1.25 bits per heavy atom. The summed E-state index contributed by atoms with van der Waals surface area (Å²) in [6.45, 7) is 6.17. The van der Waals surface area contributed by atoms with Crippen molar-refractivity contribution >= 4 is 50.4 Å². The Hall–Kier alpha value is -3.18. The van der Waals surface area contributed by atoms with Gasteiger partial charge in [0.1, 0.15) is 15.4 Å². The van der Waals surface area contributed by atoms with E-state index in [2.05, 4.69) is 15.4 Å². The number of rotatable bonds is 6. The number of carbonyl (C=O) groups excluding carboxylic acids is 2. The number of halogens is 2. The van der Waals surface area contributed by atoms with Gasteiger partial charge in [-0.25, -0.2) is 13.8 Å². The van der Waals surface area contributed by atoms with E-state index in [0.717, 1.165) is 21.1 Å². The highest BCUT2D eigenvalue weighted by atomic mass is 32.1. The van der Waals surface area contributed by atoms with Crippen molar-refractivity contribution in [2.24, 2.45) is 5.73 Å². The average Bonchev–Trinajstić information content (AvgIpc) is 3.44. The lowest BCUT2D eigenvalue weighted by atomic mass is 10.1. The predicted molar refractivity (Wildman–Crippen MR) is 122 cm³/mol. The number of fused-ring (bicyclic) bond motifs is 1. The second kappa shape index (κ2) is 8.40. The van der Waals surface area contributed by atoms with Crippen LogP contribution in [-0.4, -0.2) is 26.6 Å². The quantitative estimate of drug-likeness (QED) is 0.403. The van der Waals surface area contributed by atoms with Gasteiger partial charge < -0.3 is 11.1 Å². The molecule has 0 saturated carbocycles. The molecule has 3 N–H and O–H groups in total. The van der Waals surface area contributed by atoms with Crippen LogP contribution >= 0.6 is 22.7 Å². The lowest BCUT2D eigenvalue weighted by molar-refractivity contribution is 0.100. The molecule has 11 heteroatoms. The number of aryl methyl sites for hydroxylation is 2. The largest absolute Gasteiger partial charge is 0.365 e. The second-order valence-electron chi connectivity index (χ2n) is 7.07. The number of nitrogens with zero attached hydrogens (tertiary/aromatic N) is 3. The second-order valence-corrected chi connectivity index (χ2v) is 9.36. The van der Waals surface area contributed by atoms with Crippen LogP contribution in [0.5, 0.6) is 0 Å². The van der Waals surface area contributed by atoms with Gasteiger partial charge in [0.15, 0.2) is 0 Å². The molecule has 4 aromatic rings. The van der Waals surface area contributed by atoms with Crippen LogP contribution in [-0.2, 0) is 6.54 Å². The lowest BCUT2D eigenvalue weighted by Gasteiger charge is -2.10. The van der Waals surface area contributed by atoms with E-state index in [9.17, 15) is 18.4 Å². The van der Waals surface area contributed by atoms with Gasteiger partial charge in [-0.1, -0.05) is 0 Å². The van der Waals surface area contributed by atoms with E-state index < -0.39 is 23.9 Å². The summed E-state index contributed by atoms with van der Waals surface area (Å²) in [5, 5.41) is 7.35. The highest BCUT2D eigenvalue weighted by Crippen LogP contribution is 2.44. The fraction of sp³-hybridized carbons (Fsp3) is 0.238. The number of nitrogens with two attached hydrogens (primary N) is 1. The monoisotopic (exact) mass is 475 g/mol. The van der Waals surface area contributed by atoms with Gasteiger partial charge in [-0.15, -0.1) is 22.7 Å². The Balaban J connectivity index is 1.94. The molecule has 4 heterocycles. The molecule has 0 aliphatic heterocycles. The molecule has 7 nitrogen and oxygen atoms in total. The van der Waals surface area contributed by atoms with Crippen molar-refractivity contribution in [2.75, 3.05) is 5.32 Å². The van der Waals surface area contributed by atoms with Crippen LogP contribution in [0.15, 0.2) is 24.4 Å². The summed E-state index contributed by atoms with van der Waals surface area (Å²) in [4.78, 5) is 31.2. The maximum absolute atomic E-state index is 13.5. The molecule has 0 radical (unpaired) electrons. The molecule has 2 amide bonds. The van der Waals surface area contributed by atoms with Crippen molar-refractivity contribution in [3.8, 4) is 10.4 Å². The highest BCUT2D eigenvalue weighted by Gasteiger charge is 2.26. The Morgan fingerprint density at radius 2 is 2.00 bits per heavy atom. The number of nitrogens with one attached hydrogen (secondary N) is 1. The Bertz CT molecular complexity index is 1360. The minimum absolute atomic E-state index is 0.0438. The first-order valence-electron chi connectivity index (χ1n) is 9.67. The number of thiophene rings is 2. The molecule has 0 aromatic carbocycles. The zero-order valence-corrected chi connectivity index (χ0v) is 19.0. The smallest absolute Gasteiger partial charge is 0.280 e. The van der Waals surface area contributed by atoms with Gasteiger partial charge in [-0.05, 0) is 39.0 Å². The fourth-order valence-electron chi connectivity index (χ4n) is 3.46. The van der Waals surface area contributed by atoms with E-state index in [0.29, 0.717) is 28.8 Å². The first-order valence-corrected chi connectivity index (χ1v) is 11.3. The van der Waals surface area contributed by atoms with Gasteiger partial charge in [-0.3, -0.25) is 14.3 Å². The maximum Gasteiger partial charge on any atom is 0.280 e. The Morgan fingerprint density at radius 3 is 2.56 bits per heavy atom. The third-order valence-corrected chi connectivity index (χ3v) is 7.15. The van der Waals surface area contributed by atoms with Gasteiger partial charge in [0.2, 0.25) is 0 Å². The molecule has 0 atom stereocenters. The molecular formula is C21H19F2N5O2S2. The molecule has 4 rings (SSSR count). The number of primary amides is 1. The number of anilines is 1. The van der Waals surface area contributed by atoms with Gasteiger partial charge >= 0.3 is 0 Å². The van der Waals surface area contributed by atoms with Crippen LogP contribution in [0.3, 0.4) is 0 Å². The molecular weight excluding hydrogens is 456 g/mol. The van der Waals surface area contributed by atoms with Crippen LogP contribution < -0.4 is 11.1 Å². The van der Waals surface area contributed by atoms with Crippen molar-refractivity contribution < 1.29 is 18.4 Å². The maximum atomic E-state index is 13.5. The van der Waals surface area contributed by atoms with E-state index in [1.165, 1.54) is 23.6 Å². The van der Waals surface area contributed by atoms with E-state index in [1.807, 2.05) is 26.0 Å². The van der Waals surface area contributed by atoms with Gasteiger partial charge in [-0.2, -0.15) is 5.10 Å². The Kier molecular flexibility index (Phi) is 5.78. The van der Waals surface area contributed by atoms with Crippen molar-refractivity contribution in [3.05, 3.63) is 51.1 Å². The molecule has 0 spiro atoms. The van der Waals surface area contributed by atoms with Crippen molar-refractivity contribution in [1.82, 2.24) is 14.8 Å². The van der Waals surface area contributed by atoms with Gasteiger partial charge in [0.25, 0.3) is 18.2 Å². The van der Waals surface area contributed by atoms with Crippen molar-refractivity contribution in [1.29, 1.82) is 0 Å². The summed E-state index contributed by atoms with van der Waals surface area (Å²) in [5.74, 6) is -1.26. The van der Waals surface area contributed by atoms with Crippen LogP contribution in [0.1, 0.15) is 49.6 Å². The summed E-state index contributed by atoms with van der Waals surface area (Å²) in [7, 11) is 0. The number of carbonyl (C=O) groups is 2. The lowest BCUT2D eigenvalue weighted by Crippen LogP contribution is -2.17. The van der Waals surface area contributed by atoms with Crippen LogP contribution in [0.4, 0.5) is 14.5 Å². The standard InChI is InChI=1S/C21H19F2N5O2S2/c1-4-28-10(3)12(8-25-28)20(30)27-16-15-11(14-6-5-9(2)31-14)7-13(18(22)23)26-21(15)32-17(16)19(24)29/h5-8,18H,4H2,1-3H3,(H2,24,29)(H,27,30). The van der Waals surface area contributed by atoms with E-state index in [4.69, 9.17) is 5.73 Å². The Labute approximate surface area is 189 Å². The molecule has 0 aliphatic carbocycles. The number of alkyl halides is 2. The first-order chi connectivity index (χ1) is 15.2. The predicted octanol–water partition coefficient (Wildman–Crippen LogP) is 5.15. The van der Waals surface area contributed by atoms with E-state index >= 15 is 0 Å². The van der Waals surface area contributed by atoms with Crippen LogP contribution in [0, 0.1) is 13.8 Å². The van der Waals surface area contributed by atoms with E-state index in [-0.39, 0.29) is 15.4 Å². The number of aromatic nitrogens is 3. The number of amides is 2. The molecule has 0 fully saturated rings. The molecule has 166 valence electrons. The molecule has 4 aromatic heterocycles. The van der Waals surface area contributed by atoms with Crippen molar-refractivity contribution in [2.45, 2.75) is 33.7 Å². The van der Waals surface area contributed by atoms with Gasteiger partial charge in [0.05, 0.1) is 17.4 Å². The number of pyridine rings is 1. The summed E-state index contributed by atoms with van der Waals surface area (Å²) < 4.78 is 28.8. The third kappa shape index (κ3) is 3.78. The van der Waals surface area contributed by atoms with Gasteiger partial charge in [0, 0.05) is 32.9 Å². The van der Waals surface area contributed by atoms with Crippen molar-refractivity contribution in [3.63, 3.8) is 0 Å². The minimum atomic E-state index is -2.79.